The molecule has 7 nitrogen and oxygen atoms in total. The van der Waals surface area contributed by atoms with E-state index in [4.69, 9.17) is 0 Å². The van der Waals surface area contributed by atoms with Crippen LogP contribution in [-0.4, -0.2) is 32.4 Å². The van der Waals surface area contributed by atoms with Crippen molar-refractivity contribution in [2.24, 2.45) is 0 Å². The molecule has 0 fully saturated rings. The second kappa shape index (κ2) is 6.17. The van der Waals surface area contributed by atoms with Crippen LogP contribution in [0.15, 0.2) is 30.9 Å². The number of nitrogens with one attached hydrogen (secondary N) is 2. The van der Waals surface area contributed by atoms with E-state index in [0.717, 1.165) is 0 Å². The number of hydrogen-bond donors (Lipinski definition) is 2. The standard InChI is InChI=1S/C14H17N5O2/c1-9(2)17-14(21)12-7-19(8-16-12)13-5-4-11(6-15-13)18-10(3)20/h4-9H,1-3H3,(H,17,21)(H,18,20). The van der Waals surface area contributed by atoms with Gasteiger partial charge in [-0.25, -0.2) is 9.97 Å². The Labute approximate surface area is 122 Å². The van der Waals surface area contributed by atoms with Gasteiger partial charge < -0.3 is 10.6 Å². The van der Waals surface area contributed by atoms with E-state index in [9.17, 15) is 9.59 Å². The highest BCUT2D eigenvalue weighted by molar-refractivity contribution is 5.92. The smallest absolute Gasteiger partial charge is 0.271 e. The Kier molecular flexibility index (Phi) is 4.32. The number of rotatable bonds is 4. The third-order valence-corrected chi connectivity index (χ3v) is 2.57. The number of aromatic nitrogens is 3. The van der Waals surface area contributed by atoms with E-state index in [0.29, 0.717) is 17.2 Å². The number of nitrogens with zero attached hydrogens (tertiary/aromatic N) is 3. The summed E-state index contributed by atoms with van der Waals surface area (Å²) in [7, 11) is 0. The predicted octanol–water partition coefficient (Wildman–Crippen LogP) is 1.36. The number of anilines is 1. The van der Waals surface area contributed by atoms with Gasteiger partial charge in [-0.2, -0.15) is 0 Å². The maximum atomic E-state index is 11.8. The quantitative estimate of drug-likeness (QED) is 0.888. The molecule has 0 aliphatic carbocycles. The number of imidazole rings is 1. The Morgan fingerprint density at radius 3 is 2.57 bits per heavy atom. The van der Waals surface area contributed by atoms with Gasteiger partial charge in [-0.1, -0.05) is 0 Å². The van der Waals surface area contributed by atoms with Crippen LogP contribution in [0.1, 0.15) is 31.3 Å². The zero-order chi connectivity index (χ0) is 15.4. The molecular weight excluding hydrogens is 270 g/mol. The molecule has 0 saturated carbocycles. The molecule has 2 heterocycles. The van der Waals surface area contributed by atoms with Crippen LogP contribution in [0.25, 0.3) is 5.82 Å². The van der Waals surface area contributed by atoms with Crippen molar-refractivity contribution in [3.05, 3.63) is 36.5 Å². The Hall–Kier alpha value is -2.70. The molecule has 21 heavy (non-hydrogen) atoms. The minimum absolute atomic E-state index is 0.0534. The van der Waals surface area contributed by atoms with Crippen LogP contribution in [0.5, 0.6) is 0 Å². The van der Waals surface area contributed by atoms with Gasteiger partial charge in [0, 0.05) is 19.2 Å². The Morgan fingerprint density at radius 1 is 1.24 bits per heavy atom. The highest BCUT2D eigenvalue weighted by Gasteiger charge is 2.11. The molecule has 0 saturated heterocycles. The zero-order valence-corrected chi connectivity index (χ0v) is 12.1. The van der Waals surface area contributed by atoms with Crippen molar-refractivity contribution in [3.63, 3.8) is 0 Å². The van der Waals surface area contributed by atoms with E-state index in [2.05, 4.69) is 20.6 Å². The van der Waals surface area contributed by atoms with E-state index in [1.54, 1.807) is 29.1 Å². The Morgan fingerprint density at radius 2 is 2.00 bits per heavy atom. The summed E-state index contributed by atoms with van der Waals surface area (Å²) in [4.78, 5) is 31.0. The molecular formula is C14H17N5O2. The van der Waals surface area contributed by atoms with Crippen LogP contribution < -0.4 is 10.6 Å². The average molecular weight is 287 g/mol. The molecule has 0 spiro atoms. The molecule has 0 atom stereocenters. The van der Waals surface area contributed by atoms with Crippen molar-refractivity contribution >= 4 is 17.5 Å². The van der Waals surface area contributed by atoms with Gasteiger partial charge in [-0.05, 0) is 26.0 Å². The van der Waals surface area contributed by atoms with Crippen LogP contribution in [0.3, 0.4) is 0 Å². The summed E-state index contributed by atoms with van der Waals surface area (Å²) >= 11 is 0. The van der Waals surface area contributed by atoms with E-state index in [1.165, 1.54) is 13.3 Å². The molecule has 0 aliphatic heterocycles. The first-order chi connectivity index (χ1) is 9.95. The molecule has 7 heteroatoms. The predicted molar refractivity (Wildman–Crippen MR) is 78.3 cm³/mol. The second-order valence-electron chi connectivity index (χ2n) is 4.88. The third kappa shape index (κ3) is 3.88. The summed E-state index contributed by atoms with van der Waals surface area (Å²) in [6.45, 7) is 5.21. The fourth-order valence-electron chi connectivity index (χ4n) is 1.72. The van der Waals surface area contributed by atoms with Crippen LogP contribution in [-0.2, 0) is 4.79 Å². The van der Waals surface area contributed by atoms with Gasteiger partial charge in [0.15, 0.2) is 0 Å². The topological polar surface area (TPSA) is 88.9 Å². The van der Waals surface area contributed by atoms with Gasteiger partial charge in [0.1, 0.15) is 17.8 Å². The van der Waals surface area contributed by atoms with Crippen LogP contribution in [0, 0.1) is 0 Å². The summed E-state index contributed by atoms with van der Waals surface area (Å²) in [6, 6.07) is 3.52. The van der Waals surface area contributed by atoms with E-state index in [1.807, 2.05) is 13.8 Å². The first kappa shape index (κ1) is 14.7. The Bertz CT molecular complexity index is 646. The maximum Gasteiger partial charge on any atom is 0.271 e. The van der Waals surface area contributed by atoms with Crippen LogP contribution >= 0.6 is 0 Å². The number of carbonyl (C=O) groups excluding carboxylic acids is 2. The third-order valence-electron chi connectivity index (χ3n) is 2.57. The van der Waals surface area contributed by atoms with Crippen LogP contribution in [0.2, 0.25) is 0 Å². The Balaban J connectivity index is 2.14. The van der Waals surface area contributed by atoms with Gasteiger partial charge in [-0.15, -0.1) is 0 Å². The van der Waals surface area contributed by atoms with Gasteiger partial charge in [0.2, 0.25) is 5.91 Å². The SMILES string of the molecule is CC(=O)Nc1ccc(-n2cnc(C(=O)NC(C)C)c2)nc1. The van der Waals surface area contributed by atoms with Gasteiger partial charge in [0.25, 0.3) is 5.91 Å². The average Bonchev–Trinajstić information content (AvgIpc) is 2.87. The lowest BCUT2D eigenvalue weighted by atomic mass is 10.3. The van der Waals surface area contributed by atoms with Crippen LogP contribution in [0.4, 0.5) is 5.69 Å². The highest BCUT2D eigenvalue weighted by Crippen LogP contribution is 2.10. The molecule has 0 unspecified atom stereocenters. The zero-order valence-electron chi connectivity index (χ0n) is 12.1. The molecule has 0 radical (unpaired) electrons. The van der Waals surface area contributed by atoms with Crippen molar-refractivity contribution in [1.29, 1.82) is 0 Å². The lowest BCUT2D eigenvalue weighted by Crippen LogP contribution is -2.30. The number of hydrogen-bond acceptors (Lipinski definition) is 4. The maximum absolute atomic E-state index is 11.8. The molecule has 2 amide bonds. The highest BCUT2D eigenvalue weighted by atomic mass is 16.2. The molecule has 0 aliphatic rings. The van der Waals surface area contributed by atoms with Gasteiger partial charge in [-0.3, -0.25) is 14.2 Å². The molecule has 2 rings (SSSR count). The number of carbonyl (C=O) groups is 2. The van der Waals surface area contributed by atoms with Crippen molar-refractivity contribution in [1.82, 2.24) is 19.9 Å². The normalized spacial score (nSPS) is 10.5. The molecule has 110 valence electrons. The van der Waals surface area contributed by atoms with E-state index in [-0.39, 0.29) is 17.9 Å². The summed E-state index contributed by atoms with van der Waals surface area (Å²) < 4.78 is 1.65. The van der Waals surface area contributed by atoms with E-state index < -0.39 is 0 Å². The number of amides is 2. The second-order valence-corrected chi connectivity index (χ2v) is 4.88. The molecule has 2 N–H and O–H groups in total. The lowest BCUT2D eigenvalue weighted by Gasteiger charge is -2.05. The largest absolute Gasteiger partial charge is 0.348 e. The van der Waals surface area contributed by atoms with E-state index >= 15 is 0 Å². The first-order valence-corrected chi connectivity index (χ1v) is 6.54. The van der Waals surface area contributed by atoms with Crippen molar-refractivity contribution in [2.75, 3.05) is 5.32 Å². The summed E-state index contributed by atoms with van der Waals surface area (Å²) in [5.41, 5.74) is 0.945. The fourth-order valence-corrected chi connectivity index (χ4v) is 1.72. The van der Waals surface area contributed by atoms with Gasteiger partial charge >= 0.3 is 0 Å². The fraction of sp³-hybridized carbons (Fsp3) is 0.286. The molecule has 2 aromatic rings. The summed E-state index contributed by atoms with van der Waals surface area (Å²) in [5.74, 6) is 0.235. The van der Waals surface area contributed by atoms with Crippen molar-refractivity contribution in [2.45, 2.75) is 26.8 Å². The summed E-state index contributed by atoms with van der Waals surface area (Å²) in [6.07, 6.45) is 4.68. The van der Waals surface area contributed by atoms with Crippen molar-refractivity contribution < 1.29 is 9.59 Å². The molecule has 0 bridgehead atoms. The van der Waals surface area contributed by atoms with Crippen molar-refractivity contribution in [3.8, 4) is 5.82 Å². The molecule has 0 aromatic carbocycles. The van der Waals surface area contributed by atoms with Gasteiger partial charge in [0.05, 0.1) is 11.9 Å². The summed E-state index contributed by atoms with van der Waals surface area (Å²) in [5, 5.41) is 5.41. The minimum Gasteiger partial charge on any atom is -0.348 e. The first-order valence-electron chi connectivity index (χ1n) is 6.54. The lowest BCUT2D eigenvalue weighted by molar-refractivity contribution is -0.114. The monoisotopic (exact) mass is 287 g/mol. The minimum atomic E-state index is -0.224. The molecule has 2 aromatic heterocycles. The number of pyridine rings is 1.